The smallest absolute Gasteiger partial charge is 0.421 e. The minimum Gasteiger partial charge on any atom is -0.421 e. The lowest BCUT2D eigenvalue weighted by Gasteiger charge is -2.11. The van der Waals surface area contributed by atoms with Gasteiger partial charge in [-0.2, -0.15) is 0 Å². The largest absolute Gasteiger partial charge is 0.426 e. The number of esters is 1. The summed E-state index contributed by atoms with van der Waals surface area (Å²) in [6, 6.07) is 0. The molecule has 0 aromatic carbocycles. The molecule has 1 radical (unpaired) electrons. The zero-order valence-electron chi connectivity index (χ0n) is 4.89. The number of hydrogen-bond donors (Lipinski definition) is 0. The van der Waals surface area contributed by atoms with E-state index in [2.05, 4.69) is 20.7 Å². The highest BCUT2D eigenvalue weighted by Gasteiger charge is 2.38. The fourth-order valence-electron chi connectivity index (χ4n) is 0.222. The highest BCUT2D eigenvalue weighted by Crippen LogP contribution is 2.25. The third-order valence-corrected chi connectivity index (χ3v) is 1.23. The Kier molecular flexibility index (Phi) is 3.11. The molecule has 0 fully saturated rings. The van der Waals surface area contributed by atoms with E-state index in [1.165, 1.54) is 0 Å². The van der Waals surface area contributed by atoms with Crippen LogP contribution in [0.1, 0.15) is 6.92 Å². The van der Waals surface area contributed by atoms with Crippen molar-refractivity contribution >= 4 is 39.5 Å². The summed E-state index contributed by atoms with van der Waals surface area (Å²) >= 11 is 7.48. The van der Waals surface area contributed by atoms with Gasteiger partial charge in [-0.1, -0.05) is 0 Å². The first-order valence-corrected chi connectivity index (χ1v) is 3.32. The maximum absolute atomic E-state index is 10.1. The first-order chi connectivity index (χ1) is 4.36. The van der Waals surface area contributed by atoms with Crippen molar-refractivity contribution in [3.05, 3.63) is 0 Å². The Morgan fingerprint density at radius 3 is 2.10 bits per heavy atom. The Morgan fingerprint density at radius 1 is 1.60 bits per heavy atom. The van der Waals surface area contributed by atoms with Gasteiger partial charge in [0, 0.05) is 6.92 Å². The molecule has 0 rings (SSSR count). The van der Waals surface area contributed by atoms with Crippen LogP contribution >= 0.6 is 27.5 Å². The van der Waals surface area contributed by atoms with Crippen LogP contribution in [0.5, 0.6) is 0 Å². The van der Waals surface area contributed by atoms with E-state index < -0.39 is 15.9 Å². The molecule has 0 aliphatic carbocycles. The molecule has 0 heterocycles. The van der Waals surface area contributed by atoms with E-state index in [4.69, 9.17) is 11.6 Å². The molecule has 57 valence electrons. The van der Waals surface area contributed by atoms with E-state index in [0.29, 0.717) is 0 Å². The molecular formula is C4H3BrClO4. The van der Waals surface area contributed by atoms with Crippen molar-refractivity contribution in [2.45, 2.75) is 10.9 Å². The topological polar surface area (TPSA) is 63.3 Å². The van der Waals surface area contributed by atoms with Gasteiger partial charge < -0.3 is 4.74 Å². The second-order valence-corrected chi connectivity index (χ2v) is 3.50. The van der Waals surface area contributed by atoms with Crippen LogP contribution in [-0.2, 0) is 19.4 Å². The maximum atomic E-state index is 10.1. The second kappa shape index (κ2) is 3.21. The molecule has 10 heavy (non-hydrogen) atoms. The van der Waals surface area contributed by atoms with Gasteiger partial charge in [0.1, 0.15) is 0 Å². The van der Waals surface area contributed by atoms with E-state index in [1.54, 1.807) is 0 Å². The van der Waals surface area contributed by atoms with E-state index in [0.717, 1.165) is 6.92 Å². The lowest BCUT2D eigenvalue weighted by Crippen LogP contribution is -2.29. The number of carbonyl (C=O) groups is 2. The van der Waals surface area contributed by atoms with Crippen molar-refractivity contribution in [3.8, 4) is 0 Å². The molecular weight excluding hydrogens is 227 g/mol. The summed E-state index contributed by atoms with van der Waals surface area (Å²) in [7, 11) is 0. The predicted molar refractivity (Wildman–Crippen MR) is 35.0 cm³/mol. The summed E-state index contributed by atoms with van der Waals surface area (Å²) in [6.45, 7) is 1.03. The molecule has 0 bridgehead atoms. The zero-order valence-corrected chi connectivity index (χ0v) is 7.23. The van der Waals surface area contributed by atoms with Gasteiger partial charge >= 0.3 is 15.9 Å². The van der Waals surface area contributed by atoms with Gasteiger partial charge in [-0.25, -0.2) is 9.90 Å². The van der Waals surface area contributed by atoms with Crippen LogP contribution in [0.15, 0.2) is 0 Å². The van der Waals surface area contributed by atoms with Crippen LogP contribution in [0, 0.1) is 0 Å². The Hall–Kier alpha value is -0.290. The molecule has 4 nitrogen and oxygen atoms in total. The lowest BCUT2D eigenvalue weighted by molar-refractivity contribution is -0.162. The van der Waals surface area contributed by atoms with Crippen LogP contribution in [0.4, 0.5) is 0 Å². The quantitative estimate of drug-likeness (QED) is 0.520. The maximum Gasteiger partial charge on any atom is 0.426 e. The molecule has 0 aliphatic heterocycles. The Balaban J connectivity index is 4.13. The second-order valence-electron chi connectivity index (χ2n) is 1.40. The molecule has 0 saturated carbocycles. The van der Waals surface area contributed by atoms with Gasteiger partial charge in [-0.3, -0.25) is 4.79 Å². The van der Waals surface area contributed by atoms with Crippen LogP contribution < -0.4 is 0 Å². The predicted octanol–water partition coefficient (Wildman–Crippen LogP) is 0.794. The molecule has 1 unspecified atom stereocenters. The number of rotatable bonds is 2. The first kappa shape index (κ1) is 9.71. The third kappa shape index (κ3) is 3.03. The van der Waals surface area contributed by atoms with Crippen molar-refractivity contribution in [1.29, 1.82) is 0 Å². The van der Waals surface area contributed by atoms with E-state index >= 15 is 0 Å². The number of hydrogen-bond acceptors (Lipinski definition) is 3. The fourth-order valence-corrected chi connectivity index (χ4v) is 0.559. The van der Waals surface area contributed by atoms with Crippen LogP contribution in [0.2, 0.25) is 0 Å². The SMILES string of the molecule is CC(=O)OC(Cl)(Br)C([O])=O. The lowest BCUT2D eigenvalue weighted by atomic mass is 10.7. The van der Waals surface area contributed by atoms with Crippen molar-refractivity contribution in [2.24, 2.45) is 0 Å². The normalized spacial score (nSPS) is 15.5. The van der Waals surface area contributed by atoms with E-state index in [-0.39, 0.29) is 0 Å². The average Bonchev–Trinajstić information content (AvgIpc) is 1.60. The van der Waals surface area contributed by atoms with Gasteiger partial charge in [0.2, 0.25) is 0 Å². The summed E-state index contributed by atoms with van der Waals surface area (Å²) in [4.78, 5) is 20.1. The average molecular weight is 230 g/mol. The first-order valence-electron chi connectivity index (χ1n) is 2.15. The van der Waals surface area contributed by atoms with Crippen LogP contribution in [0.25, 0.3) is 0 Å². The van der Waals surface area contributed by atoms with Crippen molar-refractivity contribution in [3.63, 3.8) is 0 Å². The summed E-state index contributed by atoms with van der Waals surface area (Å²) in [5, 5.41) is 9.99. The molecule has 0 saturated heterocycles. The molecule has 1 atom stereocenters. The van der Waals surface area contributed by atoms with Crippen molar-refractivity contribution < 1.29 is 19.4 Å². The summed E-state index contributed by atoms with van der Waals surface area (Å²) < 4.78 is 1.84. The summed E-state index contributed by atoms with van der Waals surface area (Å²) in [6.07, 6.45) is 0. The van der Waals surface area contributed by atoms with Gasteiger partial charge in [0.05, 0.1) is 0 Å². The molecule has 6 heteroatoms. The highest BCUT2D eigenvalue weighted by atomic mass is 79.9. The minimum atomic E-state index is -2.24. The number of alkyl halides is 2. The summed E-state index contributed by atoms with van der Waals surface area (Å²) in [5.74, 6) is -2.53. The number of ether oxygens (including phenoxy) is 1. The van der Waals surface area contributed by atoms with Gasteiger partial charge in [0.25, 0.3) is 0 Å². The van der Waals surface area contributed by atoms with Gasteiger partial charge in [0.15, 0.2) is 0 Å². The molecule has 0 amide bonds. The van der Waals surface area contributed by atoms with Crippen LogP contribution in [-0.4, -0.2) is 15.9 Å². The molecule has 0 aliphatic rings. The highest BCUT2D eigenvalue weighted by molar-refractivity contribution is 9.10. The third-order valence-electron chi connectivity index (χ3n) is 0.510. The van der Waals surface area contributed by atoms with Gasteiger partial charge in [-0.15, -0.1) is 0 Å². The number of halogens is 2. The standard InChI is InChI=1S/C4H3BrClO4/c1-2(7)10-4(5,6)3(8)9/h1H3. The number of carbonyl (C=O) groups excluding carboxylic acids is 2. The van der Waals surface area contributed by atoms with E-state index in [1.807, 2.05) is 0 Å². The zero-order chi connectivity index (χ0) is 8.36. The van der Waals surface area contributed by atoms with Crippen molar-refractivity contribution in [2.75, 3.05) is 0 Å². The Labute approximate surface area is 70.2 Å². The molecule has 0 N–H and O–H groups in total. The Morgan fingerprint density at radius 2 is 2.00 bits per heavy atom. The van der Waals surface area contributed by atoms with Gasteiger partial charge in [-0.05, 0) is 27.5 Å². The van der Waals surface area contributed by atoms with E-state index in [9.17, 15) is 14.7 Å². The molecule has 0 spiro atoms. The van der Waals surface area contributed by atoms with Crippen LogP contribution in [0.3, 0.4) is 0 Å². The minimum absolute atomic E-state index is 0.809. The summed E-state index contributed by atoms with van der Waals surface area (Å²) in [5.41, 5.74) is 0. The monoisotopic (exact) mass is 229 g/mol. The molecule has 0 aromatic heterocycles. The fraction of sp³-hybridized carbons (Fsp3) is 0.500. The van der Waals surface area contributed by atoms with Crippen molar-refractivity contribution in [1.82, 2.24) is 0 Å². The Bertz CT molecular complexity index is 167. The molecule has 0 aromatic rings.